The quantitative estimate of drug-likeness (QED) is 0.426. The second kappa shape index (κ2) is 6.30. The van der Waals surface area contributed by atoms with Gasteiger partial charge in [-0.1, -0.05) is 0 Å². The number of phenols is 1. The van der Waals surface area contributed by atoms with Crippen molar-refractivity contribution in [2.24, 2.45) is 0 Å². The van der Waals surface area contributed by atoms with E-state index in [1.165, 1.54) is 24.3 Å². The van der Waals surface area contributed by atoms with Gasteiger partial charge in [-0.15, -0.1) is 0 Å². The van der Waals surface area contributed by atoms with Crippen molar-refractivity contribution in [2.75, 3.05) is 13.2 Å². The van der Waals surface area contributed by atoms with Crippen LogP contribution in [0.15, 0.2) is 45.6 Å². The van der Waals surface area contributed by atoms with Gasteiger partial charge in [0.2, 0.25) is 0 Å². The molecule has 1 fully saturated rings. The lowest BCUT2D eigenvalue weighted by atomic mass is 10.1. The van der Waals surface area contributed by atoms with Crippen LogP contribution in [0.5, 0.6) is 11.5 Å². The van der Waals surface area contributed by atoms with Crippen LogP contribution in [-0.2, 0) is 14.9 Å². The van der Waals surface area contributed by atoms with Crippen LogP contribution >= 0.6 is 0 Å². The van der Waals surface area contributed by atoms with E-state index in [9.17, 15) is 18.3 Å². The third-order valence-electron chi connectivity index (χ3n) is 4.46. The van der Waals surface area contributed by atoms with Gasteiger partial charge in [0.15, 0.2) is 0 Å². The van der Waals surface area contributed by atoms with Gasteiger partial charge in [0.1, 0.15) is 22.3 Å². The molecule has 0 atom stereocenters. The molecule has 1 aliphatic rings. The Labute approximate surface area is 148 Å². The number of hydrogen-bond acceptors (Lipinski definition) is 7. The summed E-state index contributed by atoms with van der Waals surface area (Å²) in [5, 5.41) is 10.4. The van der Waals surface area contributed by atoms with E-state index in [1.807, 2.05) is 0 Å². The van der Waals surface area contributed by atoms with Crippen molar-refractivity contribution >= 4 is 31.9 Å². The Kier molecular flexibility index (Phi) is 4.08. The summed E-state index contributed by atoms with van der Waals surface area (Å²) in [7, 11) is -3.80. The minimum absolute atomic E-state index is 0.0355. The van der Waals surface area contributed by atoms with Crippen LogP contribution < -0.4 is 9.81 Å². The Morgan fingerprint density at radius 2 is 1.73 bits per heavy atom. The molecule has 2 aromatic carbocycles. The van der Waals surface area contributed by atoms with Crippen molar-refractivity contribution in [2.45, 2.75) is 18.1 Å². The zero-order valence-corrected chi connectivity index (χ0v) is 14.5. The molecule has 0 radical (unpaired) electrons. The maximum Gasteiger partial charge on any atom is 0.344 e. The number of benzene rings is 2. The molecule has 1 saturated heterocycles. The smallest absolute Gasteiger partial charge is 0.344 e. The Bertz CT molecular complexity index is 1140. The molecular formula is C18H16O7S. The standard InChI is InChI=1S/C18H16O7S/c19-11-1-3-14-15-4-2-12(10-17(15)24-18(20)16(14)9-11)25-26(21,22)13-5-7-23-8-6-13/h1-4,9-10,13,19H,5-8H2. The molecular weight excluding hydrogens is 360 g/mol. The SMILES string of the molecule is O=c1oc2cc(OS(=O)(=O)C3CCOCC3)ccc2c2ccc(O)cc12. The predicted molar refractivity (Wildman–Crippen MR) is 95.0 cm³/mol. The van der Waals surface area contributed by atoms with Crippen molar-refractivity contribution in [1.82, 2.24) is 0 Å². The maximum atomic E-state index is 12.4. The molecule has 26 heavy (non-hydrogen) atoms. The fourth-order valence-corrected chi connectivity index (χ4v) is 4.40. The molecule has 0 bridgehead atoms. The van der Waals surface area contributed by atoms with Gasteiger partial charge in [0.05, 0.1) is 5.39 Å². The van der Waals surface area contributed by atoms with Gasteiger partial charge < -0.3 is 18.4 Å². The van der Waals surface area contributed by atoms with Crippen LogP contribution in [0.25, 0.3) is 21.7 Å². The van der Waals surface area contributed by atoms with E-state index in [2.05, 4.69) is 0 Å². The predicted octanol–water partition coefficient (Wildman–Crippen LogP) is 2.54. The first kappa shape index (κ1) is 16.9. The monoisotopic (exact) mass is 376 g/mol. The molecule has 1 aliphatic heterocycles. The highest BCUT2D eigenvalue weighted by molar-refractivity contribution is 7.87. The van der Waals surface area contributed by atoms with Crippen molar-refractivity contribution in [1.29, 1.82) is 0 Å². The molecule has 0 unspecified atom stereocenters. The summed E-state index contributed by atoms with van der Waals surface area (Å²) >= 11 is 0. The maximum absolute atomic E-state index is 12.4. The molecule has 136 valence electrons. The first-order valence-electron chi connectivity index (χ1n) is 8.15. The molecule has 1 N–H and O–H groups in total. The van der Waals surface area contributed by atoms with Crippen LogP contribution in [0.2, 0.25) is 0 Å². The lowest BCUT2D eigenvalue weighted by Gasteiger charge is -2.21. The van der Waals surface area contributed by atoms with Gasteiger partial charge >= 0.3 is 15.7 Å². The van der Waals surface area contributed by atoms with Crippen molar-refractivity contribution in [3.63, 3.8) is 0 Å². The third kappa shape index (κ3) is 3.02. The van der Waals surface area contributed by atoms with Crippen molar-refractivity contribution < 1.29 is 26.9 Å². The first-order valence-corrected chi connectivity index (χ1v) is 9.62. The van der Waals surface area contributed by atoms with E-state index in [1.54, 1.807) is 12.1 Å². The molecule has 3 aromatic rings. The second-order valence-corrected chi connectivity index (χ2v) is 7.98. The summed E-state index contributed by atoms with van der Waals surface area (Å²) in [6.45, 7) is 0.775. The summed E-state index contributed by atoms with van der Waals surface area (Å²) in [6.07, 6.45) is 0.776. The minimum Gasteiger partial charge on any atom is -0.508 e. The van der Waals surface area contributed by atoms with E-state index in [0.29, 0.717) is 36.8 Å². The normalized spacial score (nSPS) is 16.2. The number of fused-ring (bicyclic) bond motifs is 3. The van der Waals surface area contributed by atoms with Crippen LogP contribution in [0, 0.1) is 0 Å². The number of phenolic OH excluding ortho intramolecular Hbond substituents is 1. The highest BCUT2D eigenvalue weighted by atomic mass is 32.2. The first-order chi connectivity index (χ1) is 12.4. The van der Waals surface area contributed by atoms with Crippen LogP contribution in [0.1, 0.15) is 12.8 Å². The molecule has 2 heterocycles. The molecule has 0 aliphatic carbocycles. The van der Waals surface area contributed by atoms with E-state index in [-0.39, 0.29) is 22.5 Å². The zero-order valence-electron chi connectivity index (χ0n) is 13.7. The number of rotatable bonds is 3. The second-order valence-electron chi connectivity index (χ2n) is 6.17. The minimum atomic E-state index is -3.80. The average molecular weight is 376 g/mol. The Morgan fingerprint density at radius 3 is 2.50 bits per heavy atom. The van der Waals surface area contributed by atoms with Gasteiger partial charge in [-0.25, -0.2) is 4.79 Å². The summed E-state index contributed by atoms with van der Waals surface area (Å²) in [5.41, 5.74) is -0.402. The lowest BCUT2D eigenvalue weighted by molar-refractivity contribution is 0.0971. The molecule has 4 rings (SSSR count). The summed E-state index contributed by atoms with van der Waals surface area (Å²) < 4.78 is 40.5. The number of ether oxygens (including phenoxy) is 1. The van der Waals surface area contributed by atoms with Gasteiger partial charge in [-0.2, -0.15) is 8.42 Å². The Morgan fingerprint density at radius 1 is 1.00 bits per heavy atom. The van der Waals surface area contributed by atoms with Gasteiger partial charge in [-0.05, 0) is 43.2 Å². The molecule has 8 heteroatoms. The highest BCUT2D eigenvalue weighted by Gasteiger charge is 2.29. The van der Waals surface area contributed by atoms with Gasteiger partial charge in [0, 0.05) is 30.1 Å². The zero-order chi connectivity index (χ0) is 18.3. The van der Waals surface area contributed by atoms with E-state index >= 15 is 0 Å². The summed E-state index contributed by atoms with van der Waals surface area (Å²) in [5.74, 6) is 0.0527. The molecule has 1 aromatic heterocycles. The number of aromatic hydroxyl groups is 1. The molecule has 7 nitrogen and oxygen atoms in total. The van der Waals surface area contributed by atoms with Crippen LogP contribution in [0.4, 0.5) is 0 Å². The fourth-order valence-electron chi connectivity index (χ4n) is 3.12. The Balaban J connectivity index is 1.75. The van der Waals surface area contributed by atoms with Crippen molar-refractivity contribution in [3.05, 3.63) is 46.8 Å². The van der Waals surface area contributed by atoms with E-state index < -0.39 is 21.0 Å². The topological polar surface area (TPSA) is 103 Å². The molecule has 0 spiro atoms. The van der Waals surface area contributed by atoms with Crippen LogP contribution in [-0.4, -0.2) is 32.0 Å². The largest absolute Gasteiger partial charge is 0.508 e. The van der Waals surface area contributed by atoms with Crippen molar-refractivity contribution in [3.8, 4) is 11.5 Å². The molecule has 0 amide bonds. The lowest BCUT2D eigenvalue weighted by Crippen LogP contribution is -2.32. The third-order valence-corrected chi connectivity index (χ3v) is 6.17. The summed E-state index contributed by atoms with van der Waals surface area (Å²) in [4.78, 5) is 12.1. The van der Waals surface area contributed by atoms with Gasteiger partial charge in [-0.3, -0.25) is 0 Å². The van der Waals surface area contributed by atoms with Gasteiger partial charge in [0.25, 0.3) is 0 Å². The fraction of sp³-hybridized carbons (Fsp3) is 0.278. The van der Waals surface area contributed by atoms with E-state index in [4.69, 9.17) is 13.3 Å². The Hall–Kier alpha value is -2.58. The van der Waals surface area contributed by atoms with E-state index in [0.717, 1.165) is 0 Å². The highest BCUT2D eigenvalue weighted by Crippen LogP contribution is 2.29. The number of hydrogen-bond donors (Lipinski definition) is 1. The summed E-state index contributed by atoms with van der Waals surface area (Å²) in [6, 6.07) is 8.96. The molecule has 0 saturated carbocycles. The van der Waals surface area contributed by atoms with Crippen LogP contribution in [0.3, 0.4) is 0 Å². The average Bonchev–Trinajstić information content (AvgIpc) is 2.62.